The van der Waals surface area contributed by atoms with Gasteiger partial charge in [0.25, 0.3) is 0 Å². The molecule has 1 aromatic carbocycles. The molecule has 1 heteroatoms. The van der Waals surface area contributed by atoms with Crippen LogP contribution in [-0.2, 0) is 0 Å². The molecule has 0 amide bonds. The summed E-state index contributed by atoms with van der Waals surface area (Å²) in [6.45, 7) is 4.72. The summed E-state index contributed by atoms with van der Waals surface area (Å²) in [5.41, 5.74) is 1.47. The molecule has 0 bridgehead atoms. The topological polar surface area (TPSA) is 12.0 Å². The lowest BCUT2D eigenvalue weighted by atomic mass is 9.93. The van der Waals surface area contributed by atoms with Crippen LogP contribution in [0, 0.1) is 5.92 Å². The van der Waals surface area contributed by atoms with Crippen LogP contribution in [0.15, 0.2) is 30.3 Å². The van der Waals surface area contributed by atoms with Gasteiger partial charge in [-0.3, -0.25) is 0 Å². The van der Waals surface area contributed by atoms with Crippen molar-refractivity contribution >= 4 is 0 Å². The maximum Gasteiger partial charge on any atom is 0.0322 e. The smallest absolute Gasteiger partial charge is 0.0322 e. The van der Waals surface area contributed by atoms with Crippen LogP contribution < -0.4 is 5.32 Å². The van der Waals surface area contributed by atoms with Crippen molar-refractivity contribution in [1.29, 1.82) is 0 Å². The predicted molar refractivity (Wildman–Crippen MR) is 87.9 cm³/mol. The molecule has 0 spiro atoms. The summed E-state index contributed by atoms with van der Waals surface area (Å²) >= 11 is 0. The molecule has 1 N–H and O–H groups in total. The Morgan fingerprint density at radius 2 is 1.85 bits per heavy atom. The molecule has 1 nitrogen and oxygen atoms in total. The quantitative estimate of drug-likeness (QED) is 0.677. The largest absolute Gasteiger partial charge is 0.307 e. The Labute approximate surface area is 125 Å². The van der Waals surface area contributed by atoms with Gasteiger partial charge in [0.1, 0.15) is 0 Å². The molecule has 0 aromatic heterocycles. The van der Waals surface area contributed by atoms with Crippen molar-refractivity contribution in [2.75, 3.05) is 0 Å². The zero-order valence-corrected chi connectivity index (χ0v) is 13.3. The average Bonchev–Trinajstić information content (AvgIpc) is 2.69. The minimum absolute atomic E-state index is 0.543. The van der Waals surface area contributed by atoms with Crippen molar-refractivity contribution in [3.05, 3.63) is 35.9 Å². The Bertz CT molecular complexity index is 359. The van der Waals surface area contributed by atoms with E-state index in [4.69, 9.17) is 0 Å². The third-order valence-electron chi connectivity index (χ3n) is 4.83. The third-order valence-corrected chi connectivity index (χ3v) is 4.83. The summed E-state index contributed by atoms with van der Waals surface area (Å²) in [5.74, 6) is 0.824. The van der Waals surface area contributed by atoms with E-state index in [1.165, 1.54) is 56.9 Å². The van der Waals surface area contributed by atoms with E-state index >= 15 is 0 Å². The zero-order chi connectivity index (χ0) is 14.2. The summed E-state index contributed by atoms with van der Waals surface area (Å²) in [6, 6.07) is 12.3. The molecule has 0 radical (unpaired) electrons. The molecule has 20 heavy (non-hydrogen) atoms. The fourth-order valence-corrected chi connectivity index (χ4v) is 3.44. The number of nitrogens with one attached hydrogen (secondary N) is 1. The van der Waals surface area contributed by atoms with Crippen LogP contribution in [0.3, 0.4) is 0 Å². The highest BCUT2D eigenvalue weighted by molar-refractivity contribution is 5.19. The van der Waals surface area contributed by atoms with Crippen LogP contribution in [-0.4, -0.2) is 6.04 Å². The molecule has 0 aliphatic heterocycles. The van der Waals surface area contributed by atoms with Crippen LogP contribution >= 0.6 is 0 Å². The minimum Gasteiger partial charge on any atom is -0.307 e. The van der Waals surface area contributed by atoms with E-state index in [1.807, 2.05) is 0 Å². The van der Waals surface area contributed by atoms with Gasteiger partial charge in [0.05, 0.1) is 0 Å². The standard InChI is InChI=1S/C19H31N/c1-3-4-14-19(17-12-8-6-9-13-17)20-18-15-10-5-7-11-16(18)2/h6,8-9,12-13,16,18-20H,3-5,7,10-11,14-15H2,1-2H3. The normalized spacial score (nSPS) is 25.1. The first-order valence-corrected chi connectivity index (χ1v) is 8.62. The number of rotatable bonds is 6. The summed E-state index contributed by atoms with van der Waals surface area (Å²) in [4.78, 5) is 0. The zero-order valence-electron chi connectivity index (χ0n) is 13.3. The van der Waals surface area contributed by atoms with Crippen molar-refractivity contribution in [3.63, 3.8) is 0 Å². The summed E-state index contributed by atoms with van der Waals surface area (Å²) in [6.07, 6.45) is 10.9. The summed E-state index contributed by atoms with van der Waals surface area (Å²) in [5, 5.41) is 4.00. The van der Waals surface area contributed by atoms with E-state index in [9.17, 15) is 0 Å². The van der Waals surface area contributed by atoms with Gasteiger partial charge in [-0.2, -0.15) is 0 Å². The number of hydrogen-bond acceptors (Lipinski definition) is 1. The Hall–Kier alpha value is -0.820. The van der Waals surface area contributed by atoms with Gasteiger partial charge in [0.15, 0.2) is 0 Å². The van der Waals surface area contributed by atoms with Crippen molar-refractivity contribution in [2.45, 2.75) is 77.3 Å². The van der Waals surface area contributed by atoms with E-state index in [2.05, 4.69) is 49.5 Å². The van der Waals surface area contributed by atoms with E-state index in [0.717, 1.165) is 5.92 Å². The average molecular weight is 273 g/mol. The second kappa shape index (κ2) is 8.46. The highest BCUT2D eigenvalue weighted by Crippen LogP contribution is 2.27. The molecule has 2 rings (SSSR count). The Morgan fingerprint density at radius 1 is 1.10 bits per heavy atom. The lowest BCUT2D eigenvalue weighted by molar-refractivity contribution is 0.311. The molecule has 1 aliphatic rings. The Balaban J connectivity index is 2.02. The lowest BCUT2D eigenvalue weighted by Crippen LogP contribution is -2.37. The molecule has 3 unspecified atom stereocenters. The summed E-state index contributed by atoms with van der Waals surface area (Å²) in [7, 11) is 0. The van der Waals surface area contributed by atoms with Crippen LogP contribution in [0.1, 0.15) is 76.8 Å². The van der Waals surface area contributed by atoms with E-state index in [0.29, 0.717) is 12.1 Å². The van der Waals surface area contributed by atoms with E-state index in [-0.39, 0.29) is 0 Å². The minimum atomic E-state index is 0.543. The van der Waals surface area contributed by atoms with Crippen molar-refractivity contribution in [1.82, 2.24) is 5.32 Å². The highest BCUT2D eigenvalue weighted by Gasteiger charge is 2.23. The van der Waals surface area contributed by atoms with Crippen LogP contribution in [0.5, 0.6) is 0 Å². The first kappa shape index (κ1) is 15.6. The molecule has 1 fully saturated rings. The van der Waals surface area contributed by atoms with Crippen molar-refractivity contribution in [2.24, 2.45) is 5.92 Å². The molecule has 0 saturated heterocycles. The van der Waals surface area contributed by atoms with Crippen LogP contribution in [0.4, 0.5) is 0 Å². The summed E-state index contributed by atoms with van der Waals surface area (Å²) < 4.78 is 0. The Morgan fingerprint density at radius 3 is 2.60 bits per heavy atom. The van der Waals surface area contributed by atoms with Crippen molar-refractivity contribution in [3.8, 4) is 0 Å². The highest BCUT2D eigenvalue weighted by atomic mass is 15.0. The molecule has 1 aliphatic carbocycles. The van der Waals surface area contributed by atoms with Crippen molar-refractivity contribution < 1.29 is 0 Å². The fourth-order valence-electron chi connectivity index (χ4n) is 3.44. The maximum absolute atomic E-state index is 4.00. The van der Waals surface area contributed by atoms with Gasteiger partial charge in [-0.1, -0.05) is 76.3 Å². The van der Waals surface area contributed by atoms with Gasteiger partial charge in [-0.15, -0.1) is 0 Å². The van der Waals surface area contributed by atoms with E-state index < -0.39 is 0 Å². The van der Waals surface area contributed by atoms with Crippen LogP contribution in [0.25, 0.3) is 0 Å². The first-order valence-electron chi connectivity index (χ1n) is 8.62. The molecule has 0 heterocycles. The third kappa shape index (κ3) is 4.63. The molecule has 1 saturated carbocycles. The van der Waals surface area contributed by atoms with Gasteiger partial charge < -0.3 is 5.32 Å². The fraction of sp³-hybridized carbons (Fsp3) is 0.684. The predicted octanol–water partition coefficient (Wildman–Crippen LogP) is 5.48. The second-order valence-corrected chi connectivity index (χ2v) is 6.49. The number of hydrogen-bond donors (Lipinski definition) is 1. The maximum atomic E-state index is 4.00. The van der Waals surface area contributed by atoms with Gasteiger partial charge in [0, 0.05) is 12.1 Å². The molecule has 3 atom stereocenters. The molecule has 1 aromatic rings. The molecular weight excluding hydrogens is 242 g/mol. The monoisotopic (exact) mass is 273 g/mol. The number of unbranched alkanes of at least 4 members (excludes halogenated alkanes) is 1. The molecule has 112 valence electrons. The lowest BCUT2D eigenvalue weighted by Gasteiger charge is -2.29. The number of benzene rings is 1. The first-order chi connectivity index (χ1) is 9.81. The Kier molecular flexibility index (Phi) is 6.59. The SMILES string of the molecule is CCCCC(NC1CCCCCC1C)c1ccccc1. The molecular formula is C19H31N. The second-order valence-electron chi connectivity index (χ2n) is 6.49. The van der Waals surface area contributed by atoms with Crippen LogP contribution in [0.2, 0.25) is 0 Å². The van der Waals surface area contributed by atoms with E-state index in [1.54, 1.807) is 0 Å². The van der Waals surface area contributed by atoms with Gasteiger partial charge in [-0.05, 0) is 30.7 Å². The van der Waals surface area contributed by atoms with Gasteiger partial charge in [-0.25, -0.2) is 0 Å². The van der Waals surface area contributed by atoms with Gasteiger partial charge >= 0.3 is 0 Å². The van der Waals surface area contributed by atoms with Gasteiger partial charge in [0.2, 0.25) is 0 Å².